The van der Waals surface area contributed by atoms with Crippen LogP contribution in [0.5, 0.6) is 0 Å². The molecule has 0 aliphatic carbocycles. The Kier molecular flexibility index (Phi) is 4.43. The quantitative estimate of drug-likeness (QED) is 0.859. The summed E-state index contributed by atoms with van der Waals surface area (Å²) < 4.78 is 6.05. The normalized spacial score (nSPS) is 27.4. The van der Waals surface area contributed by atoms with Crippen molar-refractivity contribution < 1.29 is 9.53 Å². The van der Waals surface area contributed by atoms with Crippen molar-refractivity contribution in [2.45, 2.75) is 65.1 Å². The van der Waals surface area contributed by atoms with Gasteiger partial charge in [-0.3, -0.25) is 4.79 Å². The Bertz CT molecular complexity index is 390. The maximum absolute atomic E-state index is 12.4. The second-order valence-corrected chi connectivity index (χ2v) is 7.30. The fourth-order valence-electron chi connectivity index (χ4n) is 3.02. The number of amides is 1. The maximum atomic E-state index is 12.4. The van der Waals surface area contributed by atoms with Crippen LogP contribution in [0.25, 0.3) is 0 Å². The van der Waals surface area contributed by atoms with E-state index in [4.69, 9.17) is 4.74 Å². The van der Waals surface area contributed by atoms with Gasteiger partial charge in [0, 0.05) is 18.7 Å². The average Bonchev–Trinajstić information content (AvgIpc) is 2.85. The Morgan fingerprint density at radius 2 is 2.15 bits per heavy atom. The zero-order valence-electron chi connectivity index (χ0n) is 13.4. The molecule has 1 amide bonds. The van der Waals surface area contributed by atoms with Crippen molar-refractivity contribution >= 4 is 5.91 Å². The van der Waals surface area contributed by atoms with E-state index in [1.165, 1.54) is 0 Å². The van der Waals surface area contributed by atoms with Crippen LogP contribution in [-0.2, 0) is 9.53 Å². The number of hydrogen-bond acceptors (Lipinski definition) is 3. The zero-order chi connectivity index (χ0) is 14.9. The first-order valence-electron chi connectivity index (χ1n) is 7.71. The average molecular weight is 280 g/mol. The SMILES string of the molecule is CC(C)CC1C(OC(C)(C)C)=CC(=O)N1C1CCNC1. The molecule has 0 aromatic rings. The minimum atomic E-state index is -0.259. The van der Waals surface area contributed by atoms with E-state index in [9.17, 15) is 4.79 Å². The first-order valence-corrected chi connectivity index (χ1v) is 7.71. The molecule has 114 valence electrons. The highest BCUT2D eigenvalue weighted by molar-refractivity contribution is 5.91. The van der Waals surface area contributed by atoms with Crippen LogP contribution >= 0.6 is 0 Å². The Morgan fingerprint density at radius 3 is 2.65 bits per heavy atom. The number of rotatable bonds is 4. The first-order chi connectivity index (χ1) is 9.28. The highest BCUT2D eigenvalue weighted by Crippen LogP contribution is 2.32. The third kappa shape index (κ3) is 3.54. The van der Waals surface area contributed by atoms with Gasteiger partial charge in [0.1, 0.15) is 11.4 Å². The highest BCUT2D eigenvalue weighted by atomic mass is 16.5. The number of hydrogen-bond donors (Lipinski definition) is 1. The van der Waals surface area contributed by atoms with Crippen LogP contribution in [0.4, 0.5) is 0 Å². The molecule has 0 saturated carbocycles. The summed E-state index contributed by atoms with van der Waals surface area (Å²) in [6.07, 6.45) is 3.71. The van der Waals surface area contributed by atoms with E-state index in [0.29, 0.717) is 12.0 Å². The van der Waals surface area contributed by atoms with E-state index in [1.54, 1.807) is 6.08 Å². The third-order valence-electron chi connectivity index (χ3n) is 3.73. The van der Waals surface area contributed by atoms with Gasteiger partial charge in [-0.1, -0.05) is 13.8 Å². The molecule has 4 heteroatoms. The van der Waals surface area contributed by atoms with Gasteiger partial charge in [0.25, 0.3) is 5.91 Å². The third-order valence-corrected chi connectivity index (χ3v) is 3.73. The lowest BCUT2D eigenvalue weighted by atomic mass is 10.0. The van der Waals surface area contributed by atoms with Gasteiger partial charge in [-0.2, -0.15) is 0 Å². The topological polar surface area (TPSA) is 41.6 Å². The van der Waals surface area contributed by atoms with Crippen LogP contribution in [0.3, 0.4) is 0 Å². The zero-order valence-corrected chi connectivity index (χ0v) is 13.4. The lowest BCUT2D eigenvalue weighted by Gasteiger charge is -2.34. The molecule has 0 aromatic carbocycles. The molecule has 2 atom stereocenters. The molecular weight excluding hydrogens is 252 g/mol. The van der Waals surface area contributed by atoms with Gasteiger partial charge in [0.2, 0.25) is 0 Å². The Hall–Kier alpha value is -1.03. The van der Waals surface area contributed by atoms with Crippen molar-refractivity contribution in [3.63, 3.8) is 0 Å². The van der Waals surface area contributed by atoms with Gasteiger partial charge in [-0.15, -0.1) is 0 Å². The molecule has 4 nitrogen and oxygen atoms in total. The van der Waals surface area contributed by atoms with Gasteiger partial charge >= 0.3 is 0 Å². The summed E-state index contributed by atoms with van der Waals surface area (Å²) in [5.41, 5.74) is -0.259. The minimum Gasteiger partial charge on any atom is -0.490 e. The Labute approximate surface area is 122 Å². The van der Waals surface area contributed by atoms with Gasteiger partial charge in [-0.25, -0.2) is 0 Å². The lowest BCUT2D eigenvalue weighted by molar-refractivity contribution is -0.128. The van der Waals surface area contributed by atoms with Crippen molar-refractivity contribution in [1.82, 2.24) is 10.2 Å². The Balaban J connectivity index is 2.18. The Morgan fingerprint density at radius 1 is 1.45 bits per heavy atom. The smallest absolute Gasteiger partial charge is 0.250 e. The van der Waals surface area contributed by atoms with E-state index in [0.717, 1.165) is 31.7 Å². The van der Waals surface area contributed by atoms with Gasteiger partial charge in [-0.05, 0) is 46.1 Å². The van der Waals surface area contributed by atoms with E-state index in [-0.39, 0.29) is 17.6 Å². The van der Waals surface area contributed by atoms with Crippen molar-refractivity contribution in [2.75, 3.05) is 13.1 Å². The van der Waals surface area contributed by atoms with Crippen molar-refractivity contribution in [2.24, 2.45) is 5.92 Å². The summed E-state index contributed by atoms with van der Waals surface area (Å²) in [5, 5.41) is 3.35. The number of ether oxygens (including phenoxy) is 1. The number of carbonyl (C=O) groups excluding carboxylic acids is 1. The molecule has 1 N–H and O–H groups in total. The van der Waals surface area contributed by atoms with E-state index < -0.39 is 0 Å². The molecule has 1 fully saturated rings. The minimum absolute atomic E-state index is 0.103. The van der Waals surface area contributed by atoms with Crippen LogP contribution in [0.2, 0.25) is 0 Å². The van der Waals surface area contributed by atoms with Crippen molar-refractivity contribution in [3.05, 3.63) is 11.8 Å². The lowest BCUT2D eigenvalue weighted by Crippen LogP contribution is -2.45. The first kappa shape index (κ1) is 15.4. The summed E-state index contributed by atoms with van der Waals surface area (Å²) >= 11 is 0. The van der Waals surface area contributed by atoms with Crippen LogP contribution in [0, 0.1) is 5.92 Å². The maximum Gasteiger partial charge on any atom is 0.250 e. The number of nitrogens with one attached hydrogen (secondary N) is 1. The number of nitrogens with zero attached hydrogens (tertiary/aromatic N) is 1. The monoisotopic (exact) mass is 280 g/mol. The fraction of sp³-hybridized carbons (Fsp3) is 0.812. The molecular formula is C16H28N2O2. The molecule has 2 rings (SSSR count). The second kappa shape index (κ2) is 5.76. The molecule has 2 aliphatic heterocycles. The highest BCUT2D eigenvalue weighted by Gasteiger charge is 2.40. The summed E-state index contributed by atoms with van der Waals surface area (Å²) in [6, 6.07) is 0.412. The predicted molar refractivity (Wildman–Crippen MR) is 80.3 cm³/mol. The van der Waals surface area contributed by atoms with Gasteiger partial charge in [0.15, 0.2) is 0 Å². The van der Waals surface area contributed by atoms with Gasteiger partial charge < -0.3 is 15.0 Å². The summed E-state index contributed by atoms with van der Waals surface area (Å²) in [7, 11) is 0. The predicted octanol–water partition coefficient (Wildman–Crippen LogP) is 2.30. The molecule has 2 unspecified atom stereocenters. The van der Waals surface area contributed by atoms with E-state index in [2.05, 4.69) is 19.2 Å². The van der Waals surface area contributed by atoms with Crippen LogP contribution in [0.1, 0.15) is 47.5 Å². The van der Waals surface area contributed by atoms with Crippen LogP contribution in [0.15, 0.2) is 11.8 Å². The molecule has 0 aromatic heterocycles. The number of carbonyl (C=O) groups is 1. The molecule has 0 bridgehead atoms. The molecule has 2 heterocycles. The van der Waals surface area contributed by atoms with Crippen molar-refractivity contribution in [3.8, 4) is 0 Å². The molecule has 2 aliphatic rings. The molecule has 20 heavy (non-hydrogen) atoms. The molecule has 1 saturated heterocycles. The van der Waals surface area contributed by atoms with Crippen molar-refractivity contribution in [1.29, 1.82) is 0 Å². The summed E-state index contributed by atoms with van der Waals surface area (Å²) in [5.74, 6) is 1.50. The second-order valence-electron chi connectivity index (χ2n) is 7.30. The molecule has 0 spiro atoms. The van der Waals surface area contributed by atoms with Crippen LogP contribution in [-0.4, -0.2) is 41.6 Å². The fourth-order valence-corrected chi connectivity index (χ4v) is 3.02. The summed E-state index contributed by atoms with van der Waals surface area (Å²) in [4.78, 5) is 14.4. The standard InChI is InChI=1S/C16H28N2O2/c1-11(2)8-13-14(20-16(3,4)5)9-15(19)18(13)12-6-7-17-10-12/h9,11-13,17H,6-8,10H2,1-5H3. The van der Waals surface area contributed by atoms with Gasteiger partial charge in [0.05, 0.1) is 6.04 Å². The molecule has 0 radical (unpaired) electrons. The summed E-state index contributed by atoms with van der Waals surface area (Å²) in [6.45, 7) is 12.4. The van der Waals surface area contributed by atoms with E-state index in [1.807, 2.05) is 25.7 Å². The van der Waals surface area contributed by atoms with Crippen LogP contribution < -0.4 is 5.32 Å². The largest absolute Gasteiger partial charge is 0.490 e. The van der Waals surface area contributed by atoms with E-state index >= 15 is 0 Å².